The maximum atomic E-state index is 13.9. The van der Waals surface area contributed by atoms with Crippen molar-refractivity contribution in [2.24, 2.45) is 0 Å². The van der Waals surface area contributed by atoms with E-state index < -0.39 is 34.6 Å². The van der Waals surface area contributed by atoms with E-state index in [2.05, 4.69) is 0 Å². The number of carbonyl (C=O) groups excluding carboxylic acids is 6. The Morgan fingerprint density at radius 3 is 0.924 bits per heavy atom. The molecule has 12 aromatic rings. The van der Waals surface area contributed by atoms with Crippen molar-refractivity contribution in [1.29, 1.82) is 0 Å². The number of rotatable bonds is 19. The SMILES string of the molecule is CCOC(=O)c1c(N2CCN(C(=O)c3ccc(Cl)c(Cl)c3)CC2)c2ccccc2n(Cc2ccc(F)cc2)c1=O.CCOC(=O)c1c(N2CCN(C(=O)c3ccc(Cl)cc3)CC2)c2ccccc2n(Cc2ccc(F)cc2)c1=O.CCOC(=O)c1c(N2CCN(C(=O)c3ccc(OC)cc3)CC2)c2ccccc2n(Cc2ccc(F)cc2)c1=O. The van der Waals surface area contributed by atoms with Gasteiger partial charge in [-0.2, -0.15) is 0 Å². The van der Waals surface area contributed by atoms with E-state index in [0.717, 1.165) is 21.9 Å². The van der Waals surface area contributed by atoms with Crippen LogP contribution in [0.4, 0.5) is 30.2 Å². The number of esters is 3. The highest BCUT2D eigenvalue weighted by Gasteiger charge is 2.35. The van der Waals surface area contributed by atoms with Crippen LogP contribution in [0.3, 0.4) is 0 Å². The van der Waals surface area contributed by atoms with E-state index in [9.17, 15) is 56.3 Å². The summed E-state index contributed by atoms with van der Waals surface area (Å²) in [6.07, 6.45) is 0. The number of hydrogen-bond acceptors (Lipinski definition) is 16. The Bertz CT molecular complexity index is 5970. The summed E-state index contributed by atoms with van der Waals surface area (Å²) in [5.41, 5.74) is 5.52. The summed E-state index contributed by atoms with van der Waals surface area (Å²) in [5.74, 6) is -2.91. The lowest BCUT2D eigenvalue weighted by molar-refractivity contribution is 0.0514. The molecule has 6 heterocycles. The smallest absolute Gasteiger partial charge is 0.345 e. The number of anilines is 3. The van der Waals surface area contributed by atoms with Crippen LogP contribution in [-0.4, -0.2) is 169 Å². The number of fused-ring (bicyclic) bond motifs is 3. The zero-order valence-electron chi connectivity index (χ0n) is 65.5. The lowest BCUT2D eigenvalue weighted by atomic mass is 10.0. The van der Waals surface area contributed by atoms with Crippen LogP contribution < -0.4 is 36.1 Å². The Labute approximate surface area is 697 Å². The van der Waals surface area contributed by atoms with Gasteiger partial charge in [0, 0.05) is 116 Å². The minimum atomic E-state index is -0.713. The fraction of sp³-hybridized carbons (Fsp3) is 0.242. The van der Waals surface area contributed by atoms with E-state index in [4.69, 9.17) is 53.8 Å². The highest BCUT2D eigenvalue weighted by Crippen LogP contribution is 2.36. The fourth-order valence-electron chi connectivity index (χ4n) is 15.0. The second-order valence-electron chi connectivity index (χ2n) is 28.1. The summed E-state index contributed by atoms with van der Waals surface area (Å²) in [6.45, 7) is 10.8. The molecule has 3 fully saturated rings. The Hall–Kier alpha value is -12.7. The number of methoxy groups -OCH3 is 1. The van der Waals surface area contributed by atoms with Crippen LogP contribution in [0.15, 0.2) is 227 Å². The van der Waals surface area contributed by atoms with E-state index in [1.54, 1.807) is 146 Å². The molecule has 0 unspecified atom stereocenters. The summed E-state index contributed by atoms with van der Waals surface area (Å²) in [4.78, 5) is 132. The fourth-order valence-corrected chi connectivity index (χ4v) is 15.4. The zero-order valence-corrected chi connectivity index (χ0v) is 67.8. The Kier molecular flexibility index (Phi) is 27.0. The number of aromatic nitrogens is 3. The molecule has 612 valence electrons. The summed E-state index contributed by atoms with van der Waals surface area (Å²) in [5, 5.41) is 3.39. The Morgan fingerprint density at radius 2 is 0.630 bits per heavy atom. The van der Waals surface area contributed by atoms with Gasteiger partial charge in [0.05, 0.1) is 90.2 Å². The first-order valence-corrected chi connectivity index (χ1v) is 39.9. The number of ether oxygens (including phenoxy) is 4. The molecule has 15 rings (SSSR count). The van der Waals surface area contributed by atoms with E-state index >= 15 is 0 Å². The molecule has 3 aliphatic rings. The van der Waals surface area contributed by atoms with E-state index in [1.165, 1.54) is 50.1 Å². The number of nitrogens with zero attached hydrogens (tertiary/aromatic N) is 9. The summed E-state index contributed by atoms with van der Waals surface area (Å²) < 4.78 is 66.3. The third-order valence-electron chi connectivity index (χ3n) is 20.9. The van der Waals surface area contributed by atoms with Crippen LogP contribution >= 0.6 is 34.8 Å². The van der Waals surface area contributed by atoms with Gasteiger partial charge in [-0.25, -0.2) is 27.6 Å². The van der Waals surface area contributed by atoms with Crippen molar-refractivity contribution in [1.82, 2.24) is 28.4 Å². The quantitative estimate of drug-likeness (QED) is 0.0542. The molecule has 9 aromatic carbocycles. The Balaban J connectivity index is 0.000000155. The topological polar surface area (TPSA) is 225 Å². The molecule has 119 heavy (non-hydrogen) atoms. The first-order valence-electron chi connectivity index (χ1n) is 38.7. The molecule has 3 aliphatic heterocycles. The van der Waals surface area contributed by atoms with Crippen molar-refractivity contribution in [3.8, 4) is 5.75 Å². The molecule has 0 bridgehead atoms. The maximum absolute atomic E-state index is 13.9. The number of halogens is 6. The van der Waals surface area contributed by atoms with Gasteiger partial charge in [-0.1, -0.05) is 126 Å². The average Bonchev–Trinajstić information content (AvgIpc) is 0.753. The predicted octanol–water partition coefficient (Wildman–Crippen LogP) is 15.0. The van der Waals surface area contributed by atoms with Crippen molar-refractivity contribution in [2.75, 3.05) is 120 Å². The molecule has 0 N–H and O–H groups in total. The van der Waals surface area contributed by atoms with Crippen LogP contribution in [-0.2, 0) is 33.8 Å². The largest absolute Gasteiger partial charge is 0.497 e. The highest BCUT2D eigenvalue weighted by atomic mass is 35.5. The monoisotopic (exact) mass is 1670 g/mol. The summed E-state index contributed by atoms with van der Waals surface area (Å²) in [6, 6.07) is 58.4. The number of pyridine rings is 3. The maximum Gasteiger partial charge on any atom is 0.345 e. The first kappa shape index (κ1) is 84.2. The third kappa shape index (κ3) is 18.8. The summed E-state index contributed by atoms with van der Waals surface area (Å²) >= 11 is 18.1. The molecule has 0 radical (unpaired) electrons. The van der Waals surface area contributed by atoms with Gasteiger partial charge in [0.2, 0.25) is 0 Å². The number of hydrogen-bond donors (Lipinski definition) is 0. The number of carbonyl (C=O) groups is 6. The van der Waals surface area contributed by atoms with Gasteiger partial charge in [0.15, 0.2) is 0 Å². The molecular weight excluding hydrogens is 1590 g/mol. The lowest BCUT2D eigenvalue weighted by Crippen LogP contribution is -2.49. The van der Waals surface area contributed by atoms with E-state index in [-0.39, 0.29) is 91.3 Å². The average molecular weight is 1670 g/mol. The standard InChI is InChI=1S/C31H30FN3O5.C30H26Cl2FN3O4.C30H27ClFN3O4/c1-3-40-31(38)27-28(33-16-18-34(19-17-33)29(36)22-10-14-24(39-2)15-11-22)25-6-4-5-7-26(25)35(30(27)37)20-21-8-12-23(32)13-9-21;1-2-40-30(39)26-27(34-13-15-35(16-14-34)28(37)20-9-12-23(31)24(32)17-20)22-5-3-4-6-25(22)36(29(26)38)18-19-7-10-21(33)11-8-19;1-2-39-30(38)26-27(33-15-17-34(18-16-33)28(36)21-9-11-22(31)12-10-21)24-5-3-4-6-25(24)35(29(26)37)19-20-7-13-23(32)14-8-20/h4-15H,3,16-20H2,1-2H3;3-12,17H,2,13-16,18H2,1H3;3-14H,2,15-19H2,1H3. The third-order valence-corrected chi connectivity index (χ3v) is 21.9. The van der Waals surface area contributed by atoms with Crippen LogP contribution in [0.1, 0.15) is 99.6 Å². The highest BCUT2D eigenvalue weighted by molar-refractivity contribution is 6.42. The van der Waals surface area contributed by atoms with Gasteiger partial charge in [-0.3, -0.25) is 28.8 Å². The van der Waals surface area contributed by atoms with E-state index in [1.807, 2.05) is 87.5 Å². The zero-order chi connectivity index (χ0) is 84.1. The van der Waals surface area contributed by atoms with Gasteiger partial charge in [0.1, 0.15) is 39.9 Å². The molecule has 22 nitrogen and oxygen atoms in total. The molecular formula is C91H83Cl3F3N9O13. The second kappa shape index (κ2) is 38.1. The molecule has 28 heteroatoms. The van der Waals surface area contributed by atoms with Crippen LogP contribution in [0.5, 0.6) is 5.75 Å². The van der Waals surface area contributed by atoms with Crippen LogP contribution in [0, 0.1) is 17.5 Å². The van der Waals surface area contributed by atoms with Gasteiger partial charge >= 0.3 is 17.9 Å². The molecule has 3 aromatic heterocycles. The van der Waals surface area contributed by atoms with Gasteiger partial charge in [0.25, 0.3) is 34.4 Å². The Morgan fingerprint density at radius 1 is 0.345 bits per heavy atom. The van der Waals surface area contributed by atoms with Crippen LogP contribution in [0.25, 0.3) is 32.7 Å². The van der Waals surface area contributed by atoms with Gasteiger partial charge in [-0.05, 0) is 159 Å². The van der Waals surface area contributed by atoms with Crippen molar-refractivity contribution in [3.05, 3.63) is 326 Å². The van der Waals surface area contributed by atoms with Crippen molar-refractivity contribution in [2.45, 2.75) is 40.4 Å². The number of piperazine rings is 3. The van der Waals surface area contributed by atoms with E-state index in [0.29, 0.717) is 161 Å². The number of amides is 3. The van der Waals surface area contributed by atoms with Crippen molar-refractivity contribution >= 4 is 120 Å². The van der Waals surface area contributed by atoms with Crippen LogP contribution in [0.2, 0.25) is 15.1 Å². The normalized spacial score (nSPS) is 13.5. The minimum absolute atomic E-state index is 0.0439. The molecule has 0 saturated carbocycles. The molecule has 3 amide bonds. The number of benzene rings is 9. The minimum Gasteiger partial charge on any atom is -0.497 e. The molecule has 0 spiro atoms. The van der Waals surface area contributed by atoms with Gasteiger partial charge in [-0.15, -0.1) is 0 Å². The molecule has 0 aliphatic carbocycles. The lowest BCUT2D eigenvalue weighted by Gasteiger charge is -2.37. The predicted molar refractivity (Wildman–Crippen MR) is 454 cm³/mol. The summed E-state index contributed by atoms with van der Waals surface area (Å²) in [7, 11) is 1.57. The second-order valence-corrected chi connectivity index (χ2v) is 29.4. The number of para-hydroxylation sites is 3. The van der Waals surface area contributed by atoms with Crippen molar-refractivity contribution in [3.63, 3.8) is 0 Å². The van der Waals surface area contributed by atoms with Gasteiger partial charge < -0.3 is 62.0 Å². The molecule has 0 atom stereocenters. The van der Waals surface area contributed by atoms with Crippen molar-refractivity contribution < 1.29 is 60.9 Å². The molecule has 3 saturated heterocycles. The first-order chi connectivity index (χ1) is 57.6.